The molecule has 0 unspecified atom stereocenters. The average Bonchev–Trinajstić information content (AvgIpc) is 3.13. The molecule has 0 atom stereocenters. The van der Waals surface area contributed by atoms with E-state index in [-0.39, 0.29) is 11.5 Å². The normalized spacial score (nSPS) is 11.3. The number of carbonyl (C=O) groups is 1. The summed E-state index contributed by atoms with van der Waals surface area (Å²) in [6, 6.07) is 4.91. The van der Waals surface area contributed by atoms with Gasteiger partial charge in [0.1, 0.15) is 0 Å². The summed E-state index contributed by atoms with van der Waals surface area (Å²) in [5.74, 6) is 0.0175. The van der Waals surface area contributed by atoms with Gasteiger partial charge in [-0.15, -0.1) is 11.3 Å². The number of aromatic amines is 1. The zero-order valence-electron chi connectivity index (χ0n) is 15.9. The molecule has 0 saturated heterocycles. The maximum absolute atomic E-state index is 12.7. The lowest BCUT2D eigenvalue weighted by Crippen LogP contribution is -2.23. The van der Waals surface area contributed by atoms with Crippen molar-refractivity contribution in [1.29, 1.82) is 0 Å². The van der Waals surface area contributed by atoms with Crippen molar-refractivity contribution in [2.45, 2.75) is 32.7 Å². The quantitative estimate of drug-likeness (QED) is 0.448. The number of rotatable bonds is 7. The molecule has 2 N–H and O–H groups in total. The maximum Gasteiger partial charge on any atom is 0.262 e. The van der Waals surface area contributed by atoms with Gasteiger partial charge in [0.2, 0.25) is 0 Å². The summed E-state index contributed by atoms with van der Waals surface area (Å²) in [4.78, 5) is 32.7. The first kappa shape index (κ1) is 20.4. The predicted molar refractivity (Wildman–Crippen MR) is 114 cm³/mol. The van der Waals surface area contributed by atoms with Gasteiger partial charge in [0, 0.05) is 31.2 Å². The fraction of sp³-hybridized carbons (Fsp3) is 0.368. The first-order valence-electron chi connectivity index (χ1n) is 8.93. The van der Waals surface area contributed by atoms with Crippen LogP contribution < -0.4 is 10.9 Å². The third-order valence-electron chi connectivity index (χ3n) is 4.31. The van der Waals surface area contributed by atoms with Gasteiger partial charge in [-0.05, 0) is 42.8 Å². The number of thiazole rings is 1. The van der Waals surface area contributed by atoms with Gasteiger partial charge in [0.05, 0.1) is 16.6 Å². The van der Waals surface area contributed by atoms with E-state index in [1.807, 2.05) is 19.2 Å². The zero-order valence-corrected chi connectivity index (χ0v) is 17.6. The molecule has 3 rings (SSSR count). The standard InChI is InChI=1S/C19H22N4O3S2/c1-11(2)15-10-28-18(20-15)22-16(24)12-5-6-13-14(9-12)21-19(27)23(17(13)25)7-4-8-26-3/h5-6,9-11H,4,7-8H2,1-3H3,(H,21,27)(H,20,22,24). The highest BCUT2D eigenvalue weighted by molar-refractivity contribution is 7.71. The largest absolute Gasteiger partial charge is 0.385 e. The van der Waals surface area contributed by atoms with Gasteiger partial charge in [-0.1, -0.05) is 13.8 Å². The molecule has 2 aromatic heterocycles. The molecule has 1 amide bonds. The van der Waals surface area contributed by atoms with Crippen molar-refractivity contribution in [3.8, 4) is 0 Å². The smallest absolute Gasteiger partial charge is 0.262 e. The van der Waals surface area contributed by atoms with Gasteiger partial charge in [-0.2, -0.15) is 0 Å². The van der Waals surface area contributed by atoms with Crippen LogP contribution in [0.15, 0.2) is 28.4 Å². The number of aromatic nitrogens is 3. The van der Waals surface area contributed by atoms with Crippen LogP contribution in [0.25, 0.3) is 10.9 Å². The molecule has 9 heteroatoms. The number of anilines is 1. The molecule has 2 heterocycles. The highest BCUT2D eigenvalue weighted by Gasteiger charge is 2.13. The van der Waals surface area contributed by atoms with Crippen LogP contribution in [0, 0.1) is 4.77 Å². The number of ether oxygens (including phenoxy) is 1. The monoisotopic (exact) mass is 418 g/mol. The topological polar surface area (TPSA) is 89.0 Å². The Balaban J connectivity index is 1.87. The molecule has 1 aromatic carbocycles. The molecule has 0 aliphatic carbocycles. The number of fused-ring (bicyclic) bond motifs is 1. The molecule has 0 aliphatic rings. The molecule has 7 nitrogen and oxygen atoms in total. The van der Waals surface area contributed by atoms with Crippen LogP contribution in [0.2, 0.25) is 0 Å². The number of hydrogen-bond acceptors (Lipinski definition) is 6. The molecule has 0 bridgehead atoms. The van der Waals surface area contributed by atoms with Crippen LogP contribution in [0.5, 0.6) is 0 Å². The number of nitrogens with zero attached hydrogens (tertiary/aromatic N) is 2. The summed E-state index contributed by atoms with van der Waals surface area (Å²) in [7, 11) is 1.62. The predicted octanol–water partition coefficient (Wildman–Crippen LogP) is 3.93. The Hall–Kier alpha value is -2.36. The van der Waals surface area contributed by atoms with Crippen LogP contribution in [-0.4, -0.2) is 34.2 Å². The Morgan fingerprint density at radius 1 is 1.43 bits per heavy atom. The van der Waals surface area contributed by atoms with E-state index in [1.165, 1.54) is 15.9 Å². The number of H-pyrrole nitrogens is 1. The average molecular weight is 419 g/mol. The molecule has 0 saturated carbocycles. The second kappa shape index (κ2) is 8.76. The van der Waals surface area contributed by atoms with E-state index >= 15 is 0 Å². The van der Waals surface area contributed by atoms with E-state index in [4.69, 9.17) is 17.0 Å². The lowest BCUT2D eigenvalue weighted by Gasteiger charge is -2.09. The summed E-state index contributed by atoms with van der Waals surface area (Å²) >= 11 is 6.70. The lowest BCUT2D eigenvalue weighted by atomic mass is 10.1. The van der Waals surface area contributed by atoms with Gasteiger partial charge >= 0.3 is 0 Å². The van der Waals surface area contributed by atoms with E-state index in [0.717, 1.165) is 5.69 Å². The van der Waals surface area contributed by atoms with Gasteiger partial charge < -0.3 is 9.72 Å². The molecule has 28 heavy (non-hydrogen) atoms. The first-order valence-corrected chi connectivity index (χ1v) is 10.2. The third kappa shape index (κ3) is 4.37. The minimum absolute atomic E-state index is 0.177. The third-order valence-corrected chi connectivity index (χ3v) is 5.41. The number of nitrogens with one attached hydrogen (secondary N) is 2. The Kier molecular flexibility index (Phi) is 6.38. The molecular formula is C19H22N4O3S2. The van der Waals surface area contributed by atoms with Crippen LogP contribution in [0.4, 0.5) is 5.13 Å². The van der Waals surface area contributed by atoms with Crippen molar-refractivity contribution in [1.82, 2.24) is 14.5 Å². The summed E-state index contributed by atoms with van der Waals surface area (Å²) in [6.45, 7) is 5.12. The molecule has 0 aliphatic heterocycles. The van der Waals surface area contributed by atoms with Gasteiger partial charge in [-0.3, -0.25) is 19.5 Å². The molecule has 148 valence electrons. The Morgan fingerprint density at radius 2 is 2.21 bits per heavy atom. The molecule has 0 fully saturated rings. The SMILES string of the molecule is COCCCn1c(=S)[nH]c2cc(C(=O)Nc3nc(C(C)C)cs3)ccc2c1=O. The summed E-state index contributed by atoms with van der Waals surface area (Å²) in [5, 5.41) is 5.78. The minimum atomic E-state index is -0.282. The van der Waals surface area contributed by atoms with Crippen molar-refractivity contribution >= 4 is 45.5 Å². The fourth-order valence-corrected chi connectivity index (χ4v) is 3.89. The highest BCUT2D eigenvalue weighted by Crippen LogP contribution is 2.22. The molecular weight excluding hydrogens is 396 g/mol. The van der Waals surface area contributed by atoms with Crippen molar-refractivity contribution in [2.75, 3.05) is 19.0 Å². The Bertz CT molecular complexity index is 1110. The Labute approximate surface area is 171 Å². The molecule has 3 aromatic rings. The number of hydrogen-bond donors (Lipinski definition) is 2. The van der Waals surface area contributed by atoms with E-state index in [1.54, 1.807) is 25.3 Å². The molecule has 0 radical (unpaired) electrons. The van der Waals surface area contributed by atoms with Crippen LogP contribution in [-0.2, 0) is 11.3 Å². The van der Waals surface area contributed by atoms with Crippen LogP contribution in [0.3, 0.4) is 0 Å². The van der Waals surface area contributed by atoms with Crippen molar-refractivity contribution < 1.29 is 9.53 Å². The summed E-state index contributed by atoms with van der Waals surface area (Å²) < 4.78 is 6.87. The summed E-state index contributed by atoms with van der Waals surface area (Å²) in [6.07, 6.45) is 0.687. The highest BCUT2D eigenvalue weighted by atomic mass is 32.1. The Morgan fingerprint density at radius 3 is 2.89 bits per heavy atom. The maximum atomic E-state index is 12.7. The zero-order chi connectivity index (χ0) is 20.3. The number of benzene rings is 1. The molecule has 0 spiro atoms. The van der Waals surface area contributed by atoms with Gasteiger partial charge in [0.25, 0.3) is 11.5 Å². The number of carbonyl (C=O) groups excluding carboxylic acids is 1. The van der Waals surface area contributed by atoms with Gasteiger partial charge in [0.15, 0.2) is 9.90 Å². The summed E-state index contributed by atoms with van der Waals surface area (Å²) in [5.41, 5.74) is 1.73. The van der Waals surface area contributed by atoms with Crippen LogP contribution in [0.1, 0.15) is 42.2 Å². The minimum Gasteiger partial charge on any atom is -0.385 e. The van der Waals surface area contributed by atoms with Crippen LogP contribution >= 0.6 is 23.6 Å². The van der Waals surface area contributed by atoms with Crippen molar-refractivity contribution in [3.63, 3.8) is 0 Å². The van der Waals surface area contributed by atoms with Crippen molar-refractivity contribution in [3.05, 3.63) is 50.0 Å². The van der Waals surface area contributed by atoms with Crippen molar-refractivity contribution in [2.24, 2.45) is 0 Å². The second-order valence-electron chi connectivity index (χ2n) is 6.68. The second-order valence-corrected chi connectivity index (χ2v) is 7.92. The van der Waals surface area contributed by atoms with E-state index < -0.39 is 0 Å². The number of amides is 1. The fourth-order valence-electron chi connectivity index (χ4n) is 2.74. The lowest BCUT2D eigenvalue weighted by molar-refractivity contribution is 0.102. The number of methoxy groups -OCH3 is 1. The van der Waals surface area contributed by atoms with E-state index in [2.05, 4.69) is 15.3 Å². The first-order chi connectivity index (χ1) is 13.4. The van der Waals surface area contributed by atoms with Gasteiger partial charge in [-0.25, -0.2) is 4.98 Å². The van der Waals surface area contributed by atoms with E-state index in [0.29, 0.717) is 51.9 Å². The van der Waals surface area contributed by atoms with E-state index in [9.17, 15) is 9.59 Å².